The van der Waals surface area contributed by atoms with E-state index in [9.17, 15) is 0 Å². The maximum Gasteiger partial charge on any atom is 0.0590 e. The van der Waals surface area contributed by atoms with Gasteiger partial charge >= 0.3 is 0 Å². The third kappa shape index (κ3) is 3.18. The summed E-state index contributed by atoms with van der Waals surface area (Å²) in [6.07, 6.45) is 7.45. The van der Waals surface area contributed by atoms with E-state index in [1.165, 1.54) is 25.8 Å². The van der Waals surface area contributed by atoms with Crippen LogP contribution in [0.3, 0.4) is 0 Å². The normalized spacial score (nSPS) is 20.5. The van der Waals surface area contributed by atoms with Gasteiger partial charge in [-0.05, 0) is 47.8 Å². The second-order valence-electron chi connectivity index (χ2n) is 3.86. The van der Waals surface area contributed by atoms with Crippen LogP contribution >= 0.6 is 15.9 Å². The van der Waals surface area contributed by atoms with Crippen LogP contribution in [0.15, 0.2) is 22.9 Å². The molecule has 1 aromatic rings. The van der Waals surface area contributed by atoms with E-state index in [2.05, 4.69) is 31.5 Å². The minimum atomic E-state index is 0.707. The summed E-state index contributed by atoms with van der Waals surface area (Å²) in [5.74, 6) is 0. The lowest BCUT2D eigenvalue weighted by Crippen LogP contribution is -2.24. The van der Waals surface area contributed by atoms with Crippen LogP contribution in [0.2, 0.25) is 0 Å². The second kappa shape index (κ2) is 5.47. The van der Waals surface area contributed by atoms with Crippen molar-refractivity contribution < 1.29 is 0 Å². The van der Waals surface area contributed by atoms with Crippen molar-refractivity contribution in [3.8, 4) is 0 Å². The molecule has 0 radical (unpaired) electrons. The number of halogens is 1. The Hall–Kier alpha value is -0.610. The molecule has 0 saturated carbocycles. The topological polar surface area (TPSA) is 37.0 Å². The highest BCUT2D eigenvalue weighted by molar-refractivity contribution is 9.10. The lowest BCUT2D eigenvalue weighted by atomic mass is 10.1. The molecule has 1 aromatic heterocycles. The van der Waals surface area contributed by atoms with Gasteiger partial charge in [0.1, 0.15) is 0 Å². The Morgan fingerprint density at radius 1 is 1.60 bits per heavy atom. The van der Waals surface area contributed by atoms with E-state index in [4.69, 9.17) is 0 Å². The number of pyridine rings is 1. The molecule has 1 aliphatic heterocycles. The lowest BCUT2D eigenvalue weighted by Gasteiger charge is -2.12. The molecule has 2 N–H and O–H groups in total. The molecule has 1 saturated heterocycles. The van der Waals surface area contributed by atoms with Gasteiger partial charge in [-0.3, -0.25) is 4.98 Å². The molecule has 15 heavy (non-hydrogen) atoms. The first-order chi connectivity index (χ1) is 7.36. The number of hydrogen-bond acceptors (Lipinski definition) is 3. The molecule has 82 valence electrons. The fourth-order valence-corrected chi connectivity index (χ4v) is 2.29. The van der Waals surface area contributed by atoms with Crippen LogP contribution in [0.4, 0.5) is 5.69 Å². The molecule has 0 amide bonds. The van der Waals surface area contributed by atoms with Crippen LogP contribution < -0.4 is 10.6 Å². The van der Waals surface area contributed by atoms with Gasteiger partial charge in [-0.1, -0.05) is 0 Å². The number of hydrogen-bond donors (Lipinski definition) is 2. The third-order valence-electron chi connectivity index (χ3n) is 2.74. The van der Waals surface area contributed by atoms with E-state index >= 15 is 0 Å². The summed E-state index contributed by atoms with van der Waals surface area (Å²) in [6, 6.07) is 2.70. The molecule has 1 atom stereocenters. The van der Waals surface area contributed by atoms with Crippen LogP contribution in [-0.4, -0.2) is 24.1 Å². The maximum absolute atomic E-state index is 4.03. The number of rotatable bonds is 4. The Balaban J connectivity index is 1.75. The zero-order valence-electron chi connectivity index (χ0n) is 8.67. The Kier molecular flexibility index (Phi) is 3.97. The molecule has 0 bridgehead atoms. The molecule has 0 aliphatic carbocycles. The molecule has 2 rings (SSSR count). The first-order valence-corrected chi connectivity index (χ1v) is 6.22. The quantitative estimate of drug-likeness (QED) is 0.882. The van der Waals surface area contributed by atoms with Gasteiger partial charge in [0.2, 0.25) is 0 Å². The molecular formula is C11H16BrN3. The largest absolute Gasteiger partial charge is 0.384 e. The third-order valence-corrected chi connectivity index (χ3v) is 3.37. The van der Waals surface area contributed by atoms with Crippen molar-refractivity contribution in [3.05, 3.63) is 22.9 Å². The van der Waals surface area contributed by atoms with E-state index in [1.807, 2.05) is 12.3 Å². The Morgan fingerprint density at radius 2 is 2.53 bits per heavy atom. The summed E-state index contributed by atoms with van der Waals surface area (Å²) in [4.78, 5) is 4.03. The van der Waals surface area contributed by atoms with Crippen molar-refractivity contribution in [1.82, 2.24) is 10.3 Å². The SMILES string of the molecule is Brc1cnccc1NCC[C@@H]1CCCN1. The number of nitrogens with zero attached hydrogens (tertiary/aromatic N) is 1. The first kappa shape index (κ1) is 10.9. The van der Waals surface area contributed by atoms with Crippen molar-refractivity contribution in [2.45, 2.75) is 25.3 Å². The zero-order valence-corrected chi connectivity index (χ0v) is 10.3. The number of anilines is 1. The Bertz CT molecular complexity index is 310. The fraction of sp³-hybridized carbons (Fsp3) is 0.545. The molecule has 2 heterocycles. The number of aromatic nitrogens is 1. The Morgan fingerprint density at radius 3 is 3.27 bits per heavy atom. The molecule has 0 spiro atoms. The highest BCUT2D eigenvalue weighted by Crippen LogP contribution is 2.20. The van der Waals surface area contributed by atoms with Gasteiger partial charge in [-0.15, -0.1) is 0 Å². The lowest BCUT2D eigenvalue weighted by molar-refractivity contribution is 0.574. The summed E-state index contributed by atoms with van der Waals surface area (Å²) >= 11 is 3.47. The van der Waals surface area contributed by atoms with Gasteiger partial charge < -0.3 is 10.6 Å². The van der Waals surface area contributed by atoms with Crippen LogP contribution in [0.1, 0.15) is 19.3 Å². The van der Waals surface area contributed by atoms with Crippen molar-refractivity contribution in [2.24, 2.45) is 0 Å². The van der Waals surface area contributed by atoms with Gasteiger partial charge in [0.25, 0.3) is 0 Å². The van der Waals surface area contributed by atoms with Gasteiger partial charge in [-0.25, -0.2) is 0 Å². The summed E-state index contributed by atoms with van der Waals surface area (Å²) in [6.45, 7) is 2.20. The van der Waals surface area contributed by atoms with Crippen molar-refractivity contribution in [1.29, 1.82) is 0 Å². The maximum atomic E-state index is 4.03. The van der Waals surface area contributed by atoms with Crippen molar-refractivity contribution in [3.63, 3.8) is 0 Å². The highest BCUT2D eigenvalue weighted by Gasteiger charge is 2.12. The van der Waals surface area contributed by atoms with Gasteiger partial charge in [-0.2, -0.15) is 0 Å². The van der Waals surface area contributed by atoms with E-state index in [0.717, 1.165) is 16.7 Å². The second-order valence-corrected chi connectivity index (χ2v) is 4.72. The van der Waals surface area contributed by atoms with Crippen LogP contribution in [0, 0.1) is 0 Å². The van der Waals surface area contributed by atoms with Crippen molar-refractivity contribution >= 4 is 21.6 Å². The summed E-state index contributed by atoms with van der Waals surface area (Å²) in [7, 11) is 0. The van der Waals surface area contributed by atoms with Gasteiger partial charge in [0, 0.05) is 25.0 Å². The summed E-state index contributed by atoms with van der Waals surface area (Å²) < 4.78 is 1.03. The standard InChI is InChI=1S/C11H16BrN3/c12-10-8-13-6-4-11(10)15-7-3-9-2-1-5-14-9/h4,6,8-9,14H,1-3,5,7H2,(H,13,15)/t9-/m0/s1. The molecule has 4 heteroatoms. The average Bonchev–Trinajstić information content (AvgIpc) is 2.74. The van der Waals surface area contributed by atoms with E-state index in [0.29, 0.717) is 6.04 Å². The summed E-state index contributed by atoms with van der Waals surface area (Å²) in [5.41, 5.74) is 1.13. The zero-order chi connectivity index (χ0) is 10.5. The van der Waals surface area contributed by atoms with Crippen LogP contribution in [-0.2, 0) is 0 Å². The average molecular weight is 270 g/mol. The van der Waals surface area contributed by atoms with Crippen LogP contribution in [0.5, 0.6) is 0 Å². The monoisotopic (exact) mass is 269 g/mol. The van der Waals surface area contributed by atoms with Crippen molar-refractivity contribution in [2.75, 3.05) is 18.4 Å². The van der Waals surface area contributed by atoms with Gasteiger partial charge in [0.05, 0.1) is 10.2 Å². The Labute approximate surface area is 98.8 Å². The number of nitrogens with one attached hydrogen (secondary N) is 2. The molecule has 0 aromatic carbocycles. The predicted octanol–water partition coefficient (Wildman–Crippen LogP) is 2.40. The van der Waals surface area contributed by atoms with E-state index < -0.39 is 0 Å². The minimum absolute atomic E-state index is 0.707. The molecular weight excluding hydrogens is 254 g/mol. The van der Waals surface area contributed by atoms with E-state index in [-0.39, 0.29) is 0 Å². The molecule has 3 nitrogen and oxygen atoms in total. The first-order valence-electron chi connectivity index (χ1n) is 5.43. The predicted molar refractivity (Wildman–Crippen MR) is 66.1 cm³/mol. The highest BCUT2D eigenvalue weighted by atomic mass is 79.9. The fourth-order valence-electron chi connectivity index (χ4n) is 1.90. The minimum Gasteiger partial charge on any atom is -0.384 e. The van der Waals surface area contributed by atoms with Crippen LogP contribution in [0.25, 0.3) is 0 Å². The smallest absolute Gasteiger partial charge is 0.0590 e. The molecule has 1 aliphatic rings. The summed E-state index contributed by atoms with van der Waals surface area (Å²) in [5, 5.41) is 6.91. The molecule has 0 unspecified atom stereocenters. The van der Waals surface area contributed by atoms with E-state index in [1.54, 1.807) is 6.20 Å². The molecule has 1 fully saturated rings. The van der Waals surface area contributed by atoms with Gasteiger partial charge in [0.15, 0.2) is 0 Å².